The summed E-state index contributed by atoms with van der Waals surface area (Å²) in [5.41, 5.74) is 3.52. The lowest BCUT2D eigenvalue weighted by Gasteiger charge is -2.19. The van der Waals surface area contributed by atoms with E-state index < -0.39 is 12.0 Å². The third kappa shape index (κ3) is 4.83. The molecule has 0 bridgehead atoms. The number of hydrogen-bond donors (Lipinski definition) is 1. The van der Waals surface area contributed by atoms with Crippen LogP contribution in [0.4, 0.5) is 5.69 Å². The van der Waals surface area contributed by atoms with Gasteiger partial charge in [0.25, 0.3) is 5.91 Å². The number of hydrogen-bond acceptors (Lipinski definition) is 4. The van der Waals surface area contributed by atoms with Crippen LogP contribution in [0.25, 0.3) is 0 Å². The summed E-state index contributed by atoms with van der Waals surface area (Å²) < 4.78 is 4.84. The lowest BCUT2D eigenvalue weighted by atomic mass is 10.0. The fourth-order valence-corrected chi connectivity index (χ4v) is 2.73. The van der Waals surface area contributed by atoms with Gasteiger partial charge in [-0.3, -0.25) is 4.79 Å². The number of nitrogens with zero attached hydrogens (tertiary/aromatic N) is 1. The van der Waals surface area contributed by atoms with Crippen LogP contribution in [-0.2, 0) is 16.0 Å². The Morgan fingerprint density at radius 2 is 1.80 bits per heavy atom. The Morgan fingerprint density at radius 1 is 1.12 bits per heavy atom. The first kappa shape index (κ1) is 18.5. The van der Waals surface area contributed by atoms with E-state index in [0.29, 0.717) is 12.0 Å². The van der Waals surface area contributed by atoms with Crippen molar-refractivity contribution in [3.05, 3.63) is 65.2 Å². The van der Waals surface area contributed by atoms with E-state index in [9.17, 15) is 9.59 Å². The van der Waals surface area contributed by atoms with E-state index in [1.807, 2.05) is 68.4 Å². The molecule has 0 aromatic heterocycles. The first-order chi connectivity index (χ1) is 11.9. The molecular formula is C20H24N2O3. The van der Waals surface area contributed by atoms with Gasteiger partial charge in [-0.15, -0.1) is 0 Å². The summed E-state index contributed by atoms with van der Waals surface area (Å²) in [4.78, 5) is 26.6. The molecule has 2 aromatic rings. The Morgan fingerprint density at radius 3 is 2.36 bits per heavy atom. The van der Waals surface area contributed by atoms with Gasteiger partial charge < -0.3 is 15.0 Å². The average molecular weight is 340 g/mol. The van der Waals surface area contributed by atoms with Crippen molar-refractivity contribution in [1.29, 1.82) is 0 Å². The van der Waals surface area contributed by atoms with E-state index >= 15 is 0 Å². The van der Waals surface area contributed by atoms with Crippen molar-refractivity contribution in [2.45, 2.75) is 19.4 Å². The van der Waals surface area contributed by atoms with Crippen LogP contribution in [0.5, 0.6) is 0 Å². The van der Waals surface area contributed by atoms with Crippen LogP contribution >= 0.6 is 0 Å². The summed E-state index contributed by atoms with van der Waals surface area (Å²) in [6.45, 7) is 1.95. The fraction of sp³-hybridized carbons (Fsp3) is 0.300. The molecule has 1 N–H and O–H groups in total. The number of nitrogens with one attached hydrogen (secondary N) is 1. The quantitative estimate of drug-likeness (QED) is 0.821. The van der Waals surface area contributed by atoms with Gasteiger partial charge in [-0.05, 0) is 36.2 Å². The zero-order valence-electron chi connectivity index (χ0n) is 15.1. The Bertz CT molecular complexity index is 742. The maximum absolute atomic E-state index is 12.6. The van der Waals surface area contributed by atoms with Crippen molar-refractivity contribution in [1.82, 2.24) is 5.32 Å². The smallest absolute Gasteiger partial charge is 0.328 e. The molecule has 132 valence electrons. The van der Waals surface area contributed by atoms with E-state index in [0.717, 1.165) is 16.8 Å². The van der Waals surface area contributed by atoms with Crippen LogP contribution in [-0.4, -0.2) is 39.1 Å². The van der Waals surface area contributed by atoms with E-state index in [1.165, 1.54) is 7.11 Å². The number of anilines is 1. The standard InChI is InChI=1S/C20H24N2O3/c1-14-12-16(10-11-18(14)22(2)3)19(23)21-17(20(24)25-4)13-15-8-6-5-7-9-15/h5-12,17H,13H2,1-4H3,(H,21,23). The molecule has 0 radical (unpaired) electrons. The molecule has 0 aliphatic rings. The van der Waals surface area contributed by atoms with Crippen molar-refractivity contribution in [2.75, 3.05) is 26.1 Å². The average Bonchev–Trinajstić information content (AvgIpc) is 2.60. The third-order valence-electron chi connectivity index (χ3n) is 4.01. The van der Waals surface area contributed by atoms with Crippen LogP contribution < -0.4 is 10.2 Å². The van der Waals surface area contributed by atoms with Crippen molar-refractivity contribution in [2.24, 2.45) is 0 Å². The van der Waals surface area contributed by atoms with Gasteiger partial charge in [0, 0.05) is 31.8 Å². The van der Waals surface area contributed by atoms with Gasteiger partial charge in [0.05, 0.1) is 7.11 Å². The molecule has 2 rings (SSSR count). The predicted molar refractivity (Wildman–Crippen MR) is 98.9 cm³/mol. The number of carbonyl (C=O) groups excluding carboxylic acids is 2. The summed E-state index contributed by atoms with van der Waals surface area (Å²) in [7, 11) is 5.23. The van der Waals surface area contributed by atoms with Crippen molar-refractivity contribution < 1.29 is 14.3 Å². The van der Waals surface area contributed by atoms with Crippen LogP contribution in [0, 0.1) is 6.92 Å². The molecule has 0 heterocycles. The lowest BCUT2D eigenvalue weighted by Crippen LogP contribution is -2.43. The van der Waals surface area contributed by atoms with E-state index in [1.54, 1.807) is 6.07 Å². The molecule has 0 aliphatic carbocycles. The van der Waals surface area contributed by atoms with Gasteiger partial charge in [0.2, 0.25) is 0 Å². The highest BCUT2D eigenvalue weighted by molar-refractivity contribution is 5.97. The predicted octanol–water partition coefficient (Wildman–Crippen LogP) is 2.58. The third-order valence-corrected chi connectivity index (χ3v) is 4.01. The second-order valence-electron chi connectivity index (χ2n) is 6.13. The normalized spacial score (nSPS) is 11.5. The summed E-state index contributed by atoms with van der Waals surface area (Å²) in [6.07, 6.45) is 0.383. The fourth-order valence-electron chi connectivity index (χ4n) is 2.73. The number of amides is 1. The molecule has 0 fully saturated rings. The monoisotopic (exact) mass is 340 g/mol. The Hall–Kier alpha value is -2.82. The zero-order chi connectivity index (χ0) is 18.4. The Balaban J connectivity index is 2.16. The molecule has 0 spiro atoms. The highest BCUT2D eigenvalue weighted by atomic mass is 16.5. The number of esters is 1. The summed E-state index contributed by atoms with van der Waals surface area (Å²) in [6, 6.07) is 14.3. The zero-order valence-corrected chi connectivity index (χ0v) is 15.1. The Labute approximate surface area is 148 Å². The van der Waals surface area contributed by atoms with Crippen molar-refractivity contribution >= 4 is 17.6 Å². The van der Waals surface area contributed by atoms with Crippen LogP contribution in [0.1, 0.15) is 21.5 Å². The van der Waals surface area contributed by atoms with Gasteiger partial charge >= 0.3 is 5.97 Å². The highest BCUT2D eigenvalue weighted by Crippen LogP contribution is 2.19. The van der Waals surface area contributed by atoms with E-state index in [2.05, 4.69) is 5.32 Å². The number of carbonyl (C=O) groups is 2. The number of ether oxygens (including phenoxy) is 1. The number of methoxy groups -OCH3 is 1. The molecule has 25 heavy (non-hydrogen) atoms. The largest absolute Gasteiger partial charge is 0.467 e. The number of rotatable bonds is 6. The van der Waals surface area contributed by atoms with Crippen molar-refractivity contribution in [3.63, 3.8) is 0 Å². The van der Waals surface area contributed by atoms with Gasteiger partial charge in [-0.2, -0.15) is 0 Å². The SMILES string of the molecule is COC(=O)C(Cc1ccccc1)NC(=O)c1ccc(N(C)C)c(C)c1. The van der Waals surface area contributed by atoms with Gasteiger partial charge in [0.15, 0.2) is 0 Å². The maximum Gasteiger partial charge on any atom is 0.328 e. The van der Waals surface area contributed by atoms with E-state index in [-0.39, 0.29) is 5.91 Å². The molecule has 1 atom stereocenters. The maximum atomic E-state index is 12.6. The number of benzene rings is 2. The molecule has 1 unspecified atom stereocenters. The highest BCUT2D eigenvalue weighted by Gasteiger charge is 2.22. The molecule has 0 saturated carbocycles. The lowest BCUT2D eigenvalue weighted by molar-refractivity contribution is -0.142. The first-order valence-corrected chi connectivity index (χ1v) is 8.13. The minimum absolute atomic E-state index is 0.292. The molecule has 1 amide bonds. The molecule has 2 aromatic carbocycles. The molecule has 0 saturated heterocycles. The van der Waals surface area contributed by atoms with Crippen LogP contribution in [0.2, 0.25) is 0 Å². The van der Waals surface area contributed by atoms with Gasteiger partial charge in [0.1, 0.15) is 6.04 Å². The summed E-state index contributed by atoms with van der Waals surface area (Å²) in [5.74, 6) is -0.751. The van der Waals surface area contributed by atoms with Crippen molar-refractivity contribution in [3.8, 4) is 0 Å². The van der Waals surface area contributed by atoms with Gasteiger partial charge in [-0.1, -0.05) is 30.3 Å². The van der Waals surface area contributed by atoms with Crippen LogP contribution in [0.3, 0.4) is 0 Å². The van der Waals surface area contributed by atoms with E-state index in [4.69, 9.17) is 4.74 Å². The topological polar surface area (TPSA) is 58.6 Å². The minimum Gasteiger partial charge on any atom is -0.467 e. The second kappa shape index (κ2) is 8.33. The van der Waals surface area contributed by atoms with Crippen LogP contribution in [0.15, 0.2) is 48.5 Å². The molecule has 5 heteroatoms. The molecule has 5 nitrogen and oxygen atoms in total. The first-order valence-electron chi connectivity index (χ1n) is 8.13. The molecular weight excluding hydrogens is 316 g/mol. The Kier molecular flexibility index (Phi) is 6.17. The number of aryl methyl sites for hydroxylation is 1. The second-order valence-corrected chi connectivity index (χ2v) is 6.13. The summed E-state index contributed by atoms with van der Waals surface area (Å²) >= 11 is 0. The van der Waals surface area contributed by atoms with Gasteiger partial charge in [-0.25, -0.2) is 4.79 Å². The summed E-state index contributed by atoms with van der Waals surface area (Å²) in [5, 5.41) is 2.78. The minimum atomic E-state index is -0.728. The molecule has 0 aliphatic heterocycles.